The molecule has 0 aliphatic rings. The fraction of sp³-hybridized carbons (Fsp3) is 0.111. The summed E-state index contributed by atoms with van der Waals surface area (Å²) >= 11 is 0. The van der Waals surface area contributed by atoms with E-state index in [1.54, 1.807) is 24.3 Å². The van der Waals surface area contributed by atoms with Gasteiger partial charge in [0.1, 0.15) is 0 Å². The molecule has 4 nitrogen and oxygen atoms in total. The first kappa shape index (κ1) is 9.41. The lowest BCUT2D eigenvalue weighted by atomic mass is 10.1. The molecule has 1 aromatic carbocycles. The topological polar surface area (TPSA) is 55.4 Å². The molecular formula is C9H9NO3. The van der Waals surface area contributed by atoms with Crippen LogP contribution >= 0.6 is 0 Å². The van der Waals surface area contributed by atoms with Crippen molar-refractivity contribution in [3.05, 3.63) is 35.4 Å². The van der Waals surface area contributed by atoms with Crippen LogP contribution in [0.25, 0.3) is 0 Å². The van der Waals surface area contributed by atoms with Crippen LogP contribution in [-0.4, -0.2) is 19.3 Å². The average molecular weight is 179 g/mol. The molecular weight excluding hydrogens is 170 g/mol. The number of nitrogens with one attached hydrogen (secondary N) is 1. The molecule has 0 aliphatic heterocycles. The van der Waals surface area contributed by atoms with Gasteiger partial charge in [-0.05, 0) is 6.07 Å². The zero-order valence-corrected chi connectivity index (χ0v) is 7.11. The second-order valence-electron chi connectivity index (χ2n) is 2.34. The van der Waals surface area contributed by atoms with Gasteiger partial charge in [-0.3, -0.25) is 14.4 Å². The van der Waals surface area contributed by atoms with E-state index in [2.05, 4.69) is 10.3 Å². The molecule has 0 unspecified atom stereocenters. The van der Waals surface area contributed by atoms with E-state index in [-0.39, 0.29) is 0 Å². The van der Waals surface area contributed by atoms with E-state index < -0.39 is 5.91 Å². The summed E-state index contributed by atoms with van der Waals surface area (Å²) in [4.78, 5) is 26.2. The third-order valence-corrected chi connectivity index (χ3v) is 1.53. The maximum absolute atomic E-state index is 11.2. The molecule has 1 rings (SSSR count). The van der Waals surface area contributed by atoms with Gasteiger partial charge in [-0.1, -0.05) is 18.2 Å². The van der Waals surface area contributed by atoms with Crippen molar-refractivity contribution in [3.8, 4) is 0 Å². The summed E-state index contributed by atoms with van der Waals surface area (Å²) in [6.45, 7) is 0. The molecule has 0 saturated carbocycles. The number of hydrogen-bond donors (Lipinski definition) is 1. The van der Waals surface area contributed by atoms with Crippen LogP contribution in [-0.2, 0) is 4.84 Å². The number of aldehydes is 1. The summed E-state index contributed by atoms with van der Waals surface area (Å²) in [5.41, 5.74) is 2.79. The summed E-state index contributed by atoms with van der Waals surface area (Å²) in [6.07, 6.45) is 0.630. The molecule has 13 heavy (non-hydrogen) atoms. The Balaban J connectivity index is 2.98. The lowest BCUT2D eigenvalue weighted by Crippen LogP contribution is -2.22. The van der Waals surface area contributed by atoms with Crippen LogP contribution in [0.5, 0.6) is 0 Å². The lowest BCUT2D eigenvalue weighted by Gasteiger charge is -2.03. The van der Waals surface area contributed by atoms with Crippen LogP contribution < -0.4 is 5.48 Å². The van der Waals surface area contributed by atoms with Crippen LogP contribution in [0.15, 0.2) is 24.3 Å². The molecule has 0 fully saturated rings. The van der Waals surface area contributed by atoms with E-state index >= 15 is 0 Å². The summed E-state index contributed by atoms with van der Waals surface area (Å²) < 4.78 is 0. The minimum absolute atomic E-state index is 0.305. The Bertz CT molecular complexity index is 322. The van der Waals surface area contributed by atoms with Gasteiger partial charge >= 0.3 is 0 Å². The van der Waals surface area contributed by atoms with Crippen LogP contribution in [0.4, 0.5) is 0 Å². The number of hydroxylamine groups is 1. The van der Waals surface area contributed by atoms with Crippen LogP contribution in [0.3, 0.4) is 0 Å². The van der Waals surface area contributed by atoms with Crippen LogP contribution in [0.2, 0.25) is 0 Å². The molecule has 1 aromatic rings. The van der Waals surface area contributed by atoms with E-state index in [0.29, 0.717) is 17.4 Å². The smallest absolute Gasteiger partial charge is 0.275 e. The number of carbonyl (C=O) groups excluding carboxylic acids is 2. The van der Waals surface area contributed by atoms with Crippen molar-refractivity contribution in [2.75, 3.05) is 7.11 Å². The molecule has 0 saturated heterocycles. The van der Waals surface area contributed by atoms with Crippen molar-refractivity contribution >= 4 is 12.2 Å². The molecule has 0 heterocycles. The van der Waals surface area contributed by atoms with Crippen molar-refractivity contribution < 1.29 is 14.4 Å². The Hall–Kier alpha value is -1.68. The maximum Gasteiger partial charge on any atom is 0.275 e. The zero-order valence-electron chi connectivity index (χ0n) is 7.11. The summed E-state index contributed by atoms with van der Waals surface area (Å²) in [7, 11) is 1.33. The van der Waals surface area contributed by atoms with Crippen LogP contribution in [0.1, 0.15) is 20.7 Å². The summed E-state index contributed by atoms with van der Waals surface area (Å²) in [5, 5.41) is 0. The number of carbonyl (C=O) groups is 2. The highest BCUT2D eigenvalue weighted by atomic mass is 16.6. The molecule has 1 N–H and O–H groups in total. The van der Waals surface area contributed by atoms with Crippen LogP contribution in [0, 0.1) is 0 Å². The zero-order chi connectivity index (χ0) is 9.68. The predicted molar refractivity (Wildman–Crippen MR) is 46.3 cm³/mol. The van der Waals surface area contributed by atoms with E-state index in [0.717, 1.165) is 0 Å². The first-order valence-electron chi connectivity index (χ1n) is 3.67. The number of benzene rings is 1. The Labute approximate surface area is 75.5 Å². The molecule has 0 spiro atoms. The minimum atomic E-state index is -0.426. The van der Waals surface area contributed by atoms with E-state index in [4.69, 9.17) is 0 Å². The van der Waals surface area contributed by atoms with Gasteiger partial charge in [-0.25, -0.2) is 5.48 Å². The molecule has 1 amide bonds. The highest BCUT2D eigenvalue weighted by Gasteiger charge is 2.08. The van der Waals surface area contributed by atoms with Gasteiger partial charge in [0.15, 0.2) is 6.29 Å². The molecule has 0 aromatic heterocycles. The molecule has 0 bridgehead atoms. The van der Waals surface area contributed by atoms with Crippen molar-refractivity contribution in [1.82, 2.24) is 5.48 Å². The quantitative estimate of drug-likeness (QED) is 0.551. The minimum Gasteiger partial charge on any atom is -0.298 e. The summed E-state index contributed by atoms with van der Waals surface area (Å²) in [5.74, 6) is -0.426. The third-order valence-electron chi connectivity index (χ3n) is 1.53. The predicted octanol–water partition coefficient (Wildman–Crippen LogP) is 0.790. The van der Waals surface area contributed by atoms with Gasteiger partial charge < -0.3 is 0 Å². The van der Waals surface area contributed by atoms with Crippen molar-refractivity contribution in [2.45, 2.75) is 0 Å². The second-order valence-corrected chi connectivity index (χ2v) is 2.34. The van der Waals surface area contributed by atoms with Gasteiger partial charge in [-0.15, -0.1) is 0 Å². The molecule has 4 heteroatoms. The first-order chi connectivity index (χ1) is 6.29. The van der Waals surface area contributed by atoms with Gasteiger partial charge in [-0.2, -0.15) is 0 Å². The van der Waals surface area contributed by atoms with Gasteiger partial charge in [0.05, 0.1) is 12.7 Å². The van der Waals surface area contributed by atoms with E-state index in [1.807, 2.05) is 0 Å². The average Bonchev–Trinajstić information content (AvgIpc) is 2.18. The van der Waals surface area contributed by atoms with Crippen molar-refractivity contribution in [2.24, 2.45) is 0 Å². The normalized spacial score (nSPS) is 9.31. The molecule has 0 radical (unpaired) electrons. The third kappa shape index (κ3) is 2.13. The number of amides is 1. The monoisotopic (exact) mass is 179 g/mol. The van der Waals surface area contributed by atoms with Crippen molar-refractivity contribution in [3.63, 3.8) is 0 Å². The summed E-state index contributed by atoms with van der Waals surface area (Å²) in [6, 6.07) is 6.49. The molecule has 0 aliphatic carbocycles. The number of rotatable bonds is 3. The van der Waals surface area contributed by atoms with Gasteiger partial charge in [0, 0.05) is 5.56 Å². The lowest BCUT2D eigenvalue weighted by molar-refractivity contribution is 0.0536. The Morgan fingerprint density at radius 2 is 2.15 bits per heavy atom. The maximum atomic E-state index is 11.2. The Morgan fingerprint density at radius 3 is 2.77 bits per heavy atom. The Kier molecular flexibility index (Phi) is 3.16. The molecule has 0 atom stereocenters. The highest BCUT2D eigenvalue weighted by molar-refractivity contribution is 6.00. The largest absolute Gasteiger partial charge is 0.298 e. The van der Waals surface area contributed by atoms with E-state index in [1.165, 1.54) is 7.11 Å². The SMILES string of the molecule is CONC(=O)c1ccccc1C=O. The molecule has 68 valence electrons. The Morgan fingerprint density at radius 1 is 1.46 bits per heavy atom. The van der Waals surface area contributed by atoms with Gasteiger partial charge in [0.2, 0.25) is 0 Å². The fourth-order valence-corrected chi connectivity index (χ4v) is 0.954. The fourth-order valence-electron chi connectivity index (χ4n) is 0.954. The van der Waals surface area contributed by atoms with Crippen molar-refractivity contribution in [1.29, 1.82) is 0 Å². The first-order valence-corrected chi connectivity index (χ1v) is 3.67. The van der Waals surface area contributed by atoms with Gasteiger partial charge in [0.25, 0.3) is 5.91 Å². The standard InChI is InChI=1S/C9H9NO3/c1-13-10-9(12)8-5-3-2-4-7(8)6-11/h2-6H,1H3,(H,10,12). The number of hydrogen-bond acceptors (Lipinski definition) is 3. The van der Waals surface area contributed by atoms with E-state index in [9.17, 15) is 9.59 Å². The highest BCUT2D eigenvalue weighted by Crippen LogP contribution is 2.05. The second kappa shape index (κ2) is 4.37.